The van der Waals surface area contributed by atoms with E-state index in [-0.39, 0.29) is 0 Å². The lowest BCUT2D eigenvalue weighted by molar-refractivity contribution is 0.148. The van der Waals surface area contributed by atoms with Crippen LogP contribution in [0.5, 0.6) is 0 Å². The summed E-state index contributed by atoms with van der Waals surface area (Å²) in [6.45, 7) is 8.46. The minimum atomic E-state index is 0.536. The number of aryl methyl sites for hydroxylation is 1. The standard InChI is InChI=1S/C18H28N2/c1-2-9-18(10-11-19-14-18)15-20-12-5-8-16-6-3-4-7-17(16)13-20/h3-4,6-7,19H,2,5,8-15H2,1H3. The maximum Gasteiger partial charge on any atom is 0.0236 e. The minimum absolute atomic E-state index is 0.536. The second-order valence-electron chi connectivity index (χ2n) is 6.76. The molecule has 1 saturated heterocycles. The maximum atomic E-state index is 3.60. The predicted molar refractivity (Wildman–Crippen MR) is 84.9 cm³/mol. The quantitative estimate of drug-likeness (QED) is 0.905. The summed E-state index contributed by atoms with van der Waals surface area (Å²) in [7, 11) is 0. The van der Waals surface area contributed by atoms with Gasteiger partial charge in [0.15, 0.2) is 0 Å². The summed E-state index contributed by atoms with van der Waals surface area (Å²) in [4.78, 5) is 2.72. The molecule has 2 heterocycles. The van der Waals surface area contributed by atoms with E-state index in [4.69, 9.17) is 0 Å². The van der Waals surface area contributed by atoms with Gasteiger partial charge in [-0.05, 0) is 55.3 Å². The van der Waals surface area contributed by atoms with Gasteiger partial charge in [0.1, 0.15) is 0 Å². The van der Waals surface area contributed by atoms with E-state index in [1.807, 2.05) is 0 Å². The molecule has 1 N–H and O–H groups in total. The maximum absolute atomic E-state index is 3.60. The fourth-order valence-electron chi connectivity index (χ4n) is 4.13. The van der Waals surface area contributed by atoms with Crippen molar-refractivity contribution in [2.75, 3.05) is 26.2 Å². The number of nitrogens with one attached hydrogen (secondary N) is 1. The molecule has 2 aliphatic heterocycles. The Morgan fingerprint density at radius 3 is 2.85 bits per heavy atom. The van der Waals surface area contributed by atoms with Crippen molar-refractivity contribution in [3.8, 4) is 0 Å². The molecule has 2 heteroatoms. The lowest BCUT2D eigenvalue weighted by atomic mass is 9.82. The van der Waals surface area contributed by atoms with Crippen molar-refractivity contribution in [3.63, 3.8) is 0 Å². The molecule has 2 aliphatic rings. The fraction of sp³-hybridized carbons (Fsp3) is 0.667. The van der Waals surface area contributed by atoms with Crippen molar-refractivity contribution in [1.82, 2.24) is 10.2 Å². The van der Waals surface area contributed by atoms with Gasteiger partial charge < -0.3 is 5.32 Å². The molecule has 0 aromatic heterocycles. The van der Waals surface area contributed by atoms with Crippen LogP contribution in [0.2, 0.25) is 0 Å². The second kappa shape index (κ2) is 6.28. The molecule has 1 aromatic rings. The van der Waals surface area contributed by atoms with Gasteiger partial charge in [-0.15, -0.1) is 0 Å². The SMILES string of the molecule is CCCC1(CN2CCCc3ccccc3C2)CCNC1. The Kier molecular flexibility index (Phi) is 4.42. The average Bonchev–Trinajstić information content (AvgIpc) is 2.80. The highest BCUT2D eigenvalue weighted by molar-refractivity contribution is 5.28. The summed E-state index contributed by atoms with van der Waals surface area (Å²) < 4.78 is 0. The van der Waals surface area contributed by atoms with E-state index >= 15 is 0 Å². The van der Waals surface area contributed by atoms with Crippen molar-refractivity contribution >= 4 is 0 Å². The molecule has 1 aromatic carbocycles. The van der Waals surface area contributed by atoms with E-state index in [1.165, 1.54) is 58.3 Å². The summed E-state index contributed by atoms with van der Waals surface area (Å²) in [5, 5.41) is 3.60. The van der Waals surface area contributed by atoms with Gasteiger partial charge in [0.05, 0.1) is 0 Å². The molecule has 0 spiro atoms. The number of nitrogens with zero attached hydrogens (tertiary/aromatic N) is 1. The Labute approximate surface area is 123 Å². The van der Waals surface area contributed by atoms with E-state index in [0.29, 0.717) is 5.41 Å². The number of hydrogen-bond acceptors (Lipinski definition) is 2. The zero-order valence-corrected chi connectivity index (χ0v) is 12.8. The summed E-state index contributed by atoms with van der Waals surface area (Å²) in [6.07, 6.45) is 6.61. The van der Waals surface area contributed by atoms with Crippen LogP contribution >= 0.6 is 0 Å². The van der Waals surface area contributed by atoms with Crippen LogP contribution in [0.25, 0.3) is 0 Å². The van der Waals surface area contributed by atoms with E-state index in [1.54, 1.807) is 11.1 Å². The van der Waals surface area contributed by atoms with Crippen molar-refractivity contribution in [2.45, 2.75) is 45.6 Å². The third-order valence-electron chi connectivity index (χ3n) is 5.10. The van der Waals surface area contributed by atoms with Crippen LogP contribution in [-0.4, -0.2) is 31.1 Å². The van der Waals surface area contributed by atoms with E-state index < -0.39 is 0 Å². The number of hydrogen-bond donors (Lipinski definition) is 1. The van der Waals surface area contributed by atoms with Crippen molar-refractivity contribution < 1.29 is 0 Å². The molecule has 1 unspecified atom stereocenters. The zero-order valence-electron chi connectivity index (χ0n) is 12.8. The highest BCUT2D eigenvalue weighted by atomic mass is 15.1. The largest absolute Gasteiger partial charge is 0.316 e. The molecule has 2 nitrogen and oxygen atoms in total. The number of benzene rings is 1. The summed E-state index contributed by atoms with van der Waals surface area (Å²) in [5.74, 6) is 0. The van der Waals surface area contributed by atoms with Crippen LogP contribution < -0.4 is 5.32 Å². The highest BCUT2D eigenvalue weighted by Gasteiger charge is 2.34. The van der Waals surface area contributed by atoms with Gasteiger partial charge in [0.2, 0.25) is 0 Å². The van der Waals surface area contributed by atoms with E-state index in [0.717, 1.165) is 6.54 Å². The van der Waals surface area contributed by atoms with Crippen LogP contribution in [-0.2, 0) is 13.0 Å². The van der Waals surface area contributed by atoms with E-state index in [2.05, 4.69) is 41.4 Å². The monoisotopic (exact) mass is 272 g/mol. The van der Waals surface area contributed by atoms with Gasteiger partial charge in [0, 0.05) is 19.6 Å². The van der Waals surface area contributed by atoms with Crippen molar-refractivity contribution in [1.29, 1.82) is 0 Å². The molecule has 0 amide bonds. The minimum Gasteiger partial charge on any atom is -0.316 e. The van der Waals surface area contributed by atoms with Crippen molar-refractivity contribution in [3.05, 3.63) is 35.4 Å². The lowest BCUT2D eigenvalue weighted by Gasteiger charge is -2.34. The molecular formula is C18H28N2. The van der Waals surface area contributed by atoms with Crippen LogP contribution in [0.15, 0.2) is 24.3 Å². The van der Waals surface area contributed by atoms with Crippen LogP contribution in [0.3, 0.4) is 0 Å². The van der Waals surface area contributed by atoms with Gasteiger partial charge in [-0.1, -0.05) is 37.6 Å². The molecule has 0 saturated carbocycles. The molecule has 0 radical (unpaired) electrons. The van der Waals surface area contributed by atoms with Gasteiger partial charge >= 0.3 is 0 Å². The molecule has 110 valence electrons. The van der Waals surface area contributed by atoms with E-state index in [9.17, 15) is 0 Å². The summed E-state index contributed by atoms with van der Waals surface area (Å²) in [6, 6.07) is 9.03. The van der Waals surface area contributed by atoms with Gasteiger partial charge in [-0.25, -0.2) is 0 Å². The Morgan fingerprint density at radius 1 is 1.25 bits per heavy atom. The normalized spacial score (nSPS) is 27.2. The smallest absolute Gasteiger partial charge is 0.0236 e. The third kappa shape index (κ3) is 3.07. The first-order valence-corrected chi connectivity index (χ1v) is 8.31. The number of rotatable bonds is 4. The molecule has 1 fully saturated rings. The Balaban J connectivity index is 1.71. The highest BCUT2D eigenvalue weighted by Crippen LogP contribution is 2.33. The van der Waals surface area contributed by atoms with Crippen molar-refractivity contribution in [2.24, 2.45) is 5.41 Å². The summed E-state index contributed by atoms with van der Waals surface area (Å²) in [5.41, 5.74) is 3.67. The average molecular weight is 272 g/mol. The zero-order chi connectivity index (χ0) is 13.8. The molecule has 0 aliphatic carbocycles. The third-order valence-corrected chi connectivity index (χ3v) is 5.10. The van der Waals surface area contributed by atoms with Crippen LogP contribution in [0, 0.1) is 5.41 Å². The first-order valence-electron chi connectivity index (χ1n) is 8.31. The van der Waals surface area contributed by atoms with Gasteiger partial charge in [-0.2, -0.15) is 0 Å². The van der Waals surface area contributed by atoms with Gasteiger partial charge in [0.25, 0.3) is 0 Å². The Bertz CT molecular complexity index is 435. The molecule has 3 rings (SSSR count). The summed E-state index contributed by atoms with van der Waals surface area (Å²) >= 11 is 0. The lowest BCUT2D eigenvalue weighted by Crippen LogP contribution is -2.39. The van der Waals surface area contributed by atoms with Crippen LogP contribution in [0.1, 0.15) is 43.7 Å². The van der Waals surface area contributed by atoms with Gasteiger partial charge in [-0.3, -0.25) is 4.90 Å². The topological polar surface area (TPSA) is 15.3 Å². The second-order valence-corrected chi connectivity index (χ2v) is 6.76. The Morgan fingerprint density at radius 2 is 2.10 bits per heavy atom. The molecule has 20 heavy (non-hydrogen) atoms. The number of fused-ring (bicyclic) bond motifs is 1. The molecule has 0 bridgehead atoms. The molecular weight excluding hydrogens is 244 g/mol. The first-order chi connectivity index (χ1) is 9.81. The first kappa shape index (κ1) is 14.1. The van der Waals surface area contributed by atoms with Crippen LogP contribution in [0.4, 0.5) is 0 Å². The predicted octanol–water partition coefficient (Wildman–Crippen LogP) is 3.21. The Hall–Kier alpha value is -0.860. The fourth-order valence-corrected chi connectivity index (χ4v) is 4.13. The molecule has 1 atom stereocenters.